The van der Waals surface area contributed by atoms with Gasteiger partial charge in [-0.3, -0.25) is 9.59 Å². The van der Waals surface area contributed by atoms with E-state index < -0.39 is 11.8 Å². The van der Waals surface area contributed by atoms with E-state index >= 15 is 0 Å². The Balaban J connectivity index is 2.60. The Hall–Kier alpha value is -1.88. The third-order valence-electron chi connectivity index (χ3n) is 1.67. The summed E-state index contributed by atoms with van der Waals surface area (Å²) in [5.74, 6) is -1.62. The van der Waals surface area contributed by atoms with Crippen LogP contribution in [0.2, 0.25) is 5.02 Å². The Bertz CT molecular complexity index is 468. The van der Waals surface area contributed by atoms with Crippen molar-refractivity contribution >= 4 is 34.8 Å². The zero-order valence-electron chi connectivity index (χ0n) is 9.45. The monoisotopic (exact) mass is 253 g/mol. The zero-order valence-corrected chi connectivity index (χ0v) is 10.2. The van der Waals surface area contributed by atoms with Crippen LogP contribution in [-0.4, -0.2) is 17.5 Å². The van der Waals surface area contributed by atoms with Crippen molar-refractivity contribution in [3.05, 3.63) is 29.3 Å². The molecule has 0 aromatic heterocycles. The van der Waals surface area contributed by atoms with Gasteiger partial charge in [0.1, 0.15) is 0 Å². The van der Waals surface area contributed by atoms with E-state index in [-0.39, 0.29) is 0 Å². The van der Waals surface area contributed by atoms with Crippen LogP contribution in [0.15, 0.2) is 29.4 Å². The average Bonchev–Trinajstić information content (AvgIpc) is 2.25. The smallest absolute Gasteiger partial charge is 0.318 e. The fraction of sp³-hybridized carbons (Fsp3) is 0.182. The first-order valence-electron chi connectivity index (χ1n) is 4.87. The number of halogens is 1. The number of nitrogens with zero attached hydrogens (tertiary/aromatic N) is 1. The molecule has 0 spiro atoms. The van der Waals surface area contributed by atoms with Crippen molar-refractivity contribution in [2.75, 3.05) is 5.32 Å². The standard InChI is InChI=1S/C11H12ClN3O2/c1-7(2)14-15-11(17)10(16)13-9-5-3-4-8(12)6-9/h3-6H,1-2H3,(H,13,16)(H,15,17). The molecular weight excluding hydrogens is 242 g/mol. The molecule has 0 fully saturated rings. The predicted molar refractivity (Wildman–Crippen MR) is 67.0 cm³/mol. The quantitative estimate of drug-likeness (QED) is 0.479. The molecule has 17 heavy (non-hydrogen) atoms. The lowest BCUT2D eigenvalue weighted by Crippen LogP contribution is -2.32. The van der Waals surface area contributed by atoms with E-state index in [1.54, 1.807) is 38.1 Å². The van der Waals surface area contributed by atoms with Gasteiger partial charge in [0.15, 0.2) is 0 Å². The largest absolute Gasteiger partial charge is 0.329 e. The first-order valence-corrected chi connectivity index (χ1v) is 5.24. The average molecular weight is 254 g/mol. The summed E-state index contributed by atoms with van der Waals surface area (Å²) in [6.45, 7) is 3.41. The second-order valence-corrected chi connectivity index (χ2v) is 3.90. The van der Waals surface area contributed by atoms with Crippen molar-refractivity contribution in [3.63, 3.8) is 0 Å². The van der Waals surface area contributed by atoms with Crippen molar-refractivity contribution in [2.24, 2.45) is 5.10 Å². The fourth-order valence-corrected chi connectivity index (χ4v) is 1.16. The molecular formula is C11H12ClN3O2. The molecule has 0 aliphatic carbocycles. The summed E-state index contributed by atoms with van der Waals surface area (Å²) >= 11 is 5.74. The number of hydrazone groups is 1. The molecule has 0 saturated carbocycles. The number of amides is 2. The normalized spacial score (nSPS) is 9.35. The SMILES string of the molecule is CC(C)=NNC(=O)C(=O)Nc1cccc(Cl)c1. The number of carbonyl (C=O) groups excluding carboxylic acids is 2. The van der Waals surface area contributed by atoms with Gasteiger partial charge in [0.25, 0.3) is 0 Å². The molecule has 1 rings (SSSR count). The summed E-state index contributed by atoms with van der Waals surface area (Å²) in [6, 6.07) is 6.51. The Kier molecular flexibility index (Phi) is 4.66. The Morgan fingerprint density at radius 2 is 1.94 bits per heavy atom. The molecule has 0 radical (unpaired) electrons. The third kappa shape index (κ3) is 4.65. The highest BCUT2D eigenvalue weighted by Gasteiger charge is 2.12. The summed E-state index contributed by atoms with van der Waals surface area (Å²) in [5, 5.41) is 6.51. The molecule has 90 valence electrons. The number of anilines is 1. The van der Waals surface area contributed by atoms with Gasteiger partial charge in [0.2, 0.25) is 0 Å². The second-order valence-electron chi connectivity index (χ2n) is 3.46. The minimum Gasteiger partial charge on any atom is -0.318 e. The van der Waals surface area contributed by atoms with E-state index in [9.17, 15) is 9.59 Å². The first kappa shape index (κ1) is 13.2. The van der Waals surface area contributed by atoms with Gasteiger partial charge in [-0.1, -0.05) is 17.7 Å². The highest BCUT2D eigenvalue weighted by Crippen LogP contribution is 2.14. The molecule has 2 N–H and O–H groups in total. The fourth-order valence-electron chi connectivity index (χ4n) is 0.967. The van der Waals surface area contributed by atoms with Crippen LogP contribution in [0.25, 0.3) is 0 Å². The van der Waals surface area contributed by atoms with E-state index in [1.807, 2.05) is 0 Å². The van der Waals surface area contributed by atoms with E-state index in [2.05, 4.69) is 15.8 Å². The van der Waals surface area contributed by atoms with E-state index in [0.29, 0.717) is 16.4 Å². The molecule has 1 aromatic rings. The summed E-state index contributed by atoms with van der Waals surface area (Å²) < 4.78 is 0. The maximum atomic E-state index is 11.4. The Morgan fingerprint density at radius 1 is 1.24 bits per heavy atom. The lowest BCUT2D eigenvalue weighted by molar-refractivity contribution is -0.136. The minimum atomic E-state index is -0.828. The van der Waals surface area contributed by atoms with Crippen molar-refractivity contribution in [1.29, 1.82) is 0 Å². The lowest BCUT2D eigenvalue weighted by atomic mass is 10.3. The Morgan fingerprint density at radius 3 is 2.53 bits per heavy atom. The Labute approximate surface area is 104 Å². The molecule has 0 aliphatic heterocycles. The summed E-state index contributed by atoms with van der Waals surface area (Å²) in [6.07, 6.45) is 0. The van der Waals surface area contributed by atoms with E-state index in [0.717, 1.165) is 0 Å². The van der Waals surface area contributed by atoms with Crippen LogP contribution in [0.4, 0.5) is 5.69 Å². The van der Waals surface area contributed by atoms with Crippen LogP contribution >= 0.6 is 11.6 Å². The summed E-state index contributed by atoms with van der Waals surface area (Å²) in [7, 11) is 0. The molecule has 0 unspecified atom stereocenters. The maximum Gasteiger partial charge on any atom is 0.329 e. The number of hydrogen-bond acceptors (Lipinski definition) is 3. The number of carbonyl (C=O) groups is 2. The molecule has 6 heteroatoms. The number of rotatable bonds is 2. The van der Waals surface area contributed by atoms with Gasteiger partial charge in [0, 0.05) is 16.4 Å². The van der Waals surface area contributed by atoms with Gasteiger partial charge < -0.3 is 5.32 Å². The summed E-state index contributed by atoms with van der Waals surface area (Å²) in [5.41, 5.74) is 3.22. The second kappa shape index (κ2) is 6.00. The number of nitrogens with one attached hydrogen (secondary N) is 2. The molecule has 0 heterocycles. The molecule has 0 aliphatic rings. The van der Waals surface area contributed by atoms with Crippen LogP contribution in [0, 0.1) is 0 Å². The van der Waals surface area contributed by atoms with Crippen molar-refractivity contribution in [1.82, 2.24) is 5.43 Å². The van der Waals surface area contributed by atoms with Gasteiger partial charge in [-0.2, -0.15) is 5.10 Å². The summed E-state index contributed by atoms with van der Waals surface area (Å²) in [4.78, 5) is 22.7. The lowest BCUT2D eigenvalue weighted by Gasteiger charge is -2.04. The highest BCUT2D eigenvalue weighted by atomic mass is 35.5. The van der Waals surface area contributed by atoms with Crippen molar-refractivity contribution < 1.29 is 9.59 Å². The van der Waals surface area contributed by atoms with Gasteiger partial charge in [-0.05, 0) is 32.0 Å². The number of hydrogen-bond donors (Lipinski definition) is 2. The minimum absolute atomic E-state index is 0.454. The van der Waals surface area contributed by atoms with Crippen LogP contribution in [0.3, 0.4) is 0 Å². The van der Waals surface area contributed by atoms with Crippen LogP contribution in [0.1, 0.15) is 13.8 Å². The van der Waals surface area contributed by atoms with Crippen molar-refractivity contribution in [3.8, 4) is 0 Å². The molecule has 1 aromatic carbocycles. The first-order chi connectivity index (χ1) is 7.99. The van der Waals surface area contributed by atoms with Gasteiger partial charge in [0.05, 0.1) is 0 Å². The molecule has 2 amide bonds. The van der Waals surface area contributed by atoms with Crippen LogP contribution < -0.4 is 10.7 Å². The van der Waals surface area contributed by atoms with Gasteiger partial charge in [-0.25, -0.2) is 5.43 Å². The topological polar surface area (TPSA) is 70.6 Å². The third-order valence-corrected chi connectivity index (χ3v) is 1.90. The van der Waals surface area contributed by atoms with Crippen molar-refractivity contribution in [2.45, 2.75) is 13.8 Å². The van der Waals surface area contributed by atoms with Crippen LogP contribution in [-0.2, 0) is 9.59 Å². The van der Waals surface area contributed by atoms with Gasteiger partial charge >= 0.3 is 11.8 Å². The molecule has 5 nitrogen and oxygen atoms in total. The van der Waals surface area contributed by atoms with Crippen LogP contribution in [0.5, 0.6) is 0 Å². The van der Waals surface area contributed by atoms with Gasteiger partial charge in [-0.15, -0.1) is 0 Å². The zero-order chi connectivity index (χ0) is 12.8. The number of benzene rings is 1. The molecule has 0 saturated heterocycles. The van der Waals surface area contributed by atoms with E-state index in [4.69, 9.17) is 11.6 Å². The predicted octanol–water partition coefficient (Wildman–Crippen LogP) is 1.79. The highest BCUT2D eigenvalue weighted by molar-refractivity contribution is 6.39. The molecule has 0 bridgehead atoms. The maximum absolute atomic E-state index is 11.4. The molecule has 0 atom stereocenters. The van der Waals surface area contributed by atoms with E-state index in [1.165, 1.54) is 0 Å².